The second-order valence-corrected chi connectivity index (χ2v) is 5.68. The first-order valence-corrected chi connectivity index (χ1v) is 7.52. The second kappa shape index (κ2) is 6.12. The molecule has 2 aromatic heterocycles. The fourth-order valence-electron chi connectivity index (χ4n) is 2.81. The summed E-state index contributed by atoms with van der Waals surface area (Å²) >= 11 is 0. The summed E-state index contributed by atoms with van der Waals surface area (Å²) in [5.41, 5.74) is 2.78. The van der Waals surface area contributed by atoms with Gasteiger partial charge in [0.05, 0.1) is 11.8 Å². The van der Waals surface area contributed by atoms with Crippen molar-refractivity contribution in [2.24, 2.45) is 7.05 Å². The maximum absolute atomic E-state index is 12.8. The SMILES string of the molecule is C=CCn1cc(C(=O)N(C)Cc2cnn(C)c2)c2ccccc21. The van der Waals surface area contributed by atoms with Crippen molar-refractivity contribution in [3.05, 3.63) is 66.6 Å². The number of aromatic nitrogens is 3. The van der Waals surface area contributed by atoms with E-state index in [1.54, 1.807) is 15.8 Å². The van der Waals surface area contributed by atoms with E-state index in [-0.39, 0.29) is 5.91 Å². The molecule has 1 aromatic carbocycles. The molecule has 0 aliphatic heterocycles. The molecule has 5 nitrogen and oxygen atoms in total. The summed E-state index contributed by atoms with van der Waals surface area (Å²) in [7, 11) is 3.68. The van der Waals surface area contributed by atoms with Crippen molar-refractivity contribution in [2.75, 3.05) is 7.05 Å². The lowest BCUT2D eigenvalue weighted by atomic mass is 10.1. The molecule has 118 valence electrons. The number of para-hydroxylation sites is 1. The lowest BCUT2D eigenvalue weighted by Gasteiger charge is -2.15. The molecule has 0 fully saturated rings. The zero-order valence-electron chi connectivity index (χ0n) is 13.4. The van der Waals surface area contributed by atoms with E-state index in [9.17, 15) is 4.79 Å². The van der Waals surface area contributed by atoms with E-state index in [0.29, 0.717) is 18.7 Å². The highest BCUT2D eigenvalue weighted by Crippen LogP contribution is 2.23. The topological polar surface area (TPSA) is 43.1 Å². The molecule has 2 heterocycles. The summed E-state index contributed by atoms with van der Waals surface area (Å²) in [4.78, 5) is 14.6. The number of carbonyl (C=O) groups excluding carboxylic acids is 1. The van der Waals surface area contributed by atoms with Gasteiger partial charge in [0.15, 0.2) is 0 Å². The van der Waals surface area contributed by atoms with E-state index < -0.39 is 0 Å². The average molecular weight is 308 g/mol. The zero-order chi connectivity index (χ0) is 16.4. The van der Waals surface area contributed by atoms with Gasteiger partial charge in [-0.3, -0.25) is 9.48 Å². The Bertz CT molecular complexity index is 859. The van der Waals surface area contributed by atoms with Crippen LogP contribution in [-0.2, 0) is 20.1 Å². The van der Waals surface area contributed by atoms with E-state index in [0.717, 1.165) is 16.5 Å². The fourth-order valence-corrected chi connectivity index (χ4v) is 2.81. The Labute approximate surface area is 135 Å². The van der Waals surface area contributed by atoms with Crippen LogP contribution in [0.25, 0.3) is 10.9 Å². The number of nitrogens with zero attached hydrogens (tertiary/aromatic N) is 4. The minimum atomic E-state index is 0.00728. The highest BCUT2D eigenvalue weighted by Gasteiger charge is 2.18. The first-order chi connectivity index (χ1) is 11.1. The summed E-state index contributed by atoms with van der Waals surface area (Å²) in [5.74, 6) is 0.00728. The summed E-state index contributed by atoms with van der Waals surface area (Å²) in [5, 5.41) is 5.11. The smallest absolute Gasteiger partial charge is 0.256 e. The predicted octanol–water partition coefficient (Wildman–Crippen LogP) is 2.83. The third-order valence-electron chi connectivity index (χ3n) is 3.87. The van der Waals surface area contributed by atoms with Crippen LogP contribution in [0.3, 0.4) is 0 Å². The van der Waals surface area contributed by atoms with Gasteiger partial charge in [0.25, 0.3) is 5.91 Å². The molecule has 0 aliphatic rings. The fraction of sp³-hybridized carbons (Fsp3) is 0.222. The first kappa shape index (κ1) is 15.1. The Balaban J connectivity index is 1.92. The second-order valence-electron chi connectivity index (χ2n) is 5.68. The number of allylic oxidation sites excluding steroid dienone is 1. The highest BCUT2D eigenvalue weighted by atomic mass is 16.2. The van der Waals surface area contributed by atoms with E-state index in [1.807, 2.05) is 61.4 Å². The van der Waals surface area contributed by atoms with Crippen LogP contribution in [0.15, 0.2) is 55.5 Å². The number of fused-ring (bicyclic) bond motifs is 1. The molecule has 0 bridgehead atoms. The molecule has 3 rings (SSSR count). The van der Waals surface area contributed by atoms with Gasteiger partial charge in [-0.25, -0.2) is 0 Å². The summed E-state index contributed by atoms with van der Waals surface area (Å²) in [6.45, 7) is 5.00. The van der Waals surface area contributed by atoms with Gasteiger partial charge in [0, 0.05) is 56.0 Å². The van der Waals surface area contributed by atoms with Crippen LogP contribution in [0.2, 0.25) is 0 Å². The lowest BCUT2D eigenvalue weighted by Crippen LogP contribution is -2.25. The van der Waals surface area contributed by atoms with Crippen molar-refractivity contribution in [3.63, 3.8) is 0 Å². The lowest BCUT2D eigenvalue weighted by molar-refractivity contribution is 0.0787. The van der Waals surface area contributed by atoms with Gasteiger partial charge in [-0.15, -0.1) is 6.58 Å². The molecule has 0 saturated carbocycles. The molecule has 0 radical (unpaired) electrons. The number of hydrogen-bond acceptors (Lipinski definition) is 2. The summed E-state index contributed by atoms with van der Waals surface area (Å²) in [6, 6.07) is 7.95. The monoisotopic (exact) mass is 308 g/mol. The van der Waals surface area contributed by atoms with E-state index >= 15 is 0 Å². The maximum atomic E-state index is 12.8. The van der Waals surface area contributed by atoms with Crippen LogP contribution >= 0.6 is 0 Å². The predicted molar refractivity (Wildman–Crippen MR) is 91.1 cm³/mol. The summed E-state index contributed by atoms with van der Waals surface area (Å²) in [6.07, 6.45) is 7.45. The standard InChI is InChI=1S/C18H20N4O/c1-4-9-22-13-16(15-7-5-6-8-17(15)22)18(23)20(2)11-14-10-19-21(3)12-14/h4-8,10,12-13H,1,9,11H2,2-3H3. The van der Waals surface area contributed by atoms with Crippen LogP contribution in [0.4, 0.5) is 0 Å². The molecule has 0 aliphatic carbocycles. The largest absolute Gasteiger partial charge is 0.343 e. The number of benzene rings is 1. The van der Waals surface area contributed by atoms with Crippen LogP contribution < -0.4 is 0 Å². The molecule has 3 aromatic rings. The van der Waals surface area contributed by atoms with Crippen molar-refractivity contribution in [1.82, 2.24) is 19.2 Å². The first-order valence-electron chi connectivity index (χ1n) is 7.52. The van der Waals surface area contributed by atoms with Gasteiger partial charge in [0.1, 0.15) is 0 Å². The highest BCUT2D eigenvalue weighted by molar-refractivity contribution is 6.06. The van der Waals surface area contributed by atoms with Crippen LogP contribution in [0.1, 0.15) is 15.9 Å². The third kappa shape index (κ3) is 2.90. The Morgan fingerprint density at radius 2 is 2.13 bits per heavy atom. The Hall–Kier alpha value is -2.82. The number of amides is 1. The number of aryl methyl sites for hydroxylation is 1. The Morgan fingerprint density at radius 3 is 2.83 bits per heavy atom. The minimum Gasteiger partial charge on any atom is -0.343 e. The van der Waals surface area contributed by atoms with E-state index in [2.05, 4.69) is 11.7 Å². The molecular formula is C18H20N4O. The molecule has 0 spiro atoms. The summed E-state index contributed by atoms with van der Waals surface area (Å²) < 4.78 is 3.79. The van der Waals surface area contributed by atoms with Crippen molar-refractivity contribution >= 4 is 16.8 Å². The minimum absolute atomic E-state index is 0.00728. The van der Waals surface area contributed by atoms with Crippen LogP contribution in [-0.4, -0.2) is 32.2 Å². The molecule has 0 saturated heterocycles. The number of rotatable bonds is 5. The molecule has 0 N–H and O–H groups in total. The van der Waals surface area contributed by atoms with Gasteiger partial charge in [0.2, 0.25) is 0 Å². The molecule has 0 atom stereocenters. The molecule has 1 amide bonds. The Morgan fingerprint density at radius 1 is 1.35 bits per heavy atom. The van der Waals surface area contributed by atoms with Gasteiger partial charge in [-0.1, -0.05) is 24.3 Å². The van der Waals surface area contributed by atoms with Gasteiger partial charge in [-0.2, -0.15) is 5.10 Å². The molecule has 5 heteroatoms. The van der Waals surface area contributed by atoms with Crippen LogP contribution in [0.5, 0.6) is 0 Å². The van der Waals surface area contributed by atoms with Gasteiger partial charge >= 0.3 is 0 Å². The quantitative estimate of drug-likeness (QED) is 0.680. The van der Waals surface area contributed by atoms with Crippen LogP contribution in [0, 0.1) is 0 Å². The van der Waals surface area contributed by atoms with E-state index in [4.69, 9.17) is 0 Å². The molecular weight excluding hydrogens is 288 g/mol. The Kier molecular flexibility index (Phi) is 4.02. The van der Waals surface area contributed by atoms with Crippen molar-refractivity contribution in [2.45, 2.75) is 13.1 Å². The van der Waals surface area contributed by atoms with Crippen molar-refractivity contribution < 1.29 is 4.79 Å². The number of hydrogen-bond donors (Lipinski definition) is 0. The maximum Gasteiger partial charge on any atom is 0.256 e. The molecule has 23 heavy (non-hydrogen) atoms. The van der Waals surface area contributed by atoms with Crippen molar-refractivity contribution in [1.29, 1.82) is 0 Å². The van der Waals surface area contributed by atoms with E-state index in [1.165, 1.54) is 0 Å². The van der Waals surface area contributed by atoms with Gasteiger partial charge in [-0.05, 0) is 6.07 Å². The average Bonchev–Trinajstić information content (AvgIpc) is 3.11. The number of carbonyl (C=O) groups is 1. The molecule has 0 unspecified atom stereocenters. The normalized spacial score (nSPS) is 10.9. The van der Waals surface area contributed by atoms with Crippen molar-refractivity contribution in [3.8, 4) is 0 Å². The third-order valence-corrected chi connectivity index (χ3v) is 3.87. The van der Waals surface area contributed by atoms with Gasteiger partial charge < -0.3 is 9.47 Å². The zero-order valence-corrected chi connectivity index (χ0v) is 13.4.